The second-order valence-electron chi connectivity index (χ2n) is 8.88. The number of rotatable bonds is 6. The molecule has 3 heteroatoms. The van der Waals surface area contributed by atoms with E-state index in [0.717, 1.165) is 27.8 Å². The van der Waals surface area contributed by atoms with Crippen molar-refractivity contribution in [3.63, 3.8) is 0 Å². The highest BCUT2D eigenvalue weighted by Crippen LogP contribution is 2.42. The third kappa shape index (κ3) is 4.50. The van der Waals surface area contributed by atoms with Crippen molar-refractivity contribution in [3.8, 4) is 5.75 Å². The van der Waals surface area contributed by atoms with Gasteiger partial charge in [-0.25, -0.2) is 4.39 Å². The van der Waals surface area contributed by atoms with Crippen LogP contribution >= 0.6 is 11.3 Å². The summed E-state index contributed by atoms with van der Waals surface area (Å²) >= 11 is 1.45. The quantitative estimate of drug-likeness (QED) is 0.490. The van der Waals surface area contributed by atoms with Gasteiger partial charge in [-0.15, -0.1) is 11.3 Å². The lowest BCUT2D eigenvalue weighted by molar-refractivity contribution is 0.121. The molecule has 2 saturated carbocycles. The lowest BCUT2D eigenvalue weighted by Gasteiger charge is -2.37. The summed E-state index contributed by atoms with van der Waals surface area (Å²) in [5, 5.41) is 2.91. The van der Waals surface area contributed by atoms with Crippen molar-refractivity contribution in [2.45, 2.75) is 71.1 Å². The average molecular weight is 389 g/mol. The zero-order valence-electron chi connectivity index (χ0n) is 16.6. The maximum Gasteiger partial charge on any atom is 0.182 e. The number of fused-ring (bicyclic) bond motifs is 1. The van der Waals surface area contributed by atoms with Crippen LogP contribution in [0.5, 0.6) is 5.75 Å². The number of benzene rings is 1. The smallest absolute Gasteiger partial charge is 0.182 e. The number of hydrogen-bond acceptors (Lipinski definition) is 2. The van der Waals surface area contributed by atoms with Gasteiger partial charge in [0.05, 0.1) is 11.3 Å². The molecule has 148 valence electrons. The molecule has 1 aromatic carbocycles. The number of thiophene rings is 1. The zero-order chi connectivity index (χ0) is 18.6. The van der Waals surface area contributed by atoms with Gasteiger partial charge in [0.25, 0.3) is 0 Å². The zero-order valence-corrected chi connectivity index (χ0v) is 17.4. The summed E-state index contributed by atoms with van der Waals surface area (Å²) in [4.78, 5) is 0. The van der Waals surface area contributed by atoms with Crippen LogP contribution in [0.4, 0.5) is 4.39 Å². The maximum absolute atomic E-state index is 14.5. The summed E-state index contributed by atoms with van der Waals surface area (Å²) in [5.41, 5.74) is 0. The molecule has 2 aliphatic carbocycles. The Hall–Kier alpha value is -1.09. The highest BCUT2D eigenvalue weighted by Gasteiger charge is 2.31. The van der Waals surface area contributed by atoms with E-state index in [0.29, 0.717) is 18.3 Å². The summed E-state index contributed by atoms with van der Waals surface area (Å²) in [6.45, 7) is 2.99. The van der Waals surface area contributed by atoms with Crippen LogP contribution in [-0.4, -0.2) is 6.61 Å². The lowest BCUT2D eigenvalue weighted by Crippen LogP contribution is -2.27. The standard InChI is InChI=1S/C24H33FOS/c1-2-3-17-4-8-19(9-5-17)20-10-6-18(7-11-20)16-26-22-13-12-21-14-15-27-24(21)23(22)25/h12-15,17-20H,2-11,16H2,1H3. The molecule has 0 saturated heterocycles. The minimum Gasteiger partial charge on any atom is -0.490 e. The average Bonchev–Trinajstić information content (AvgIpc) is 3.19. The van der Waals surface area contributed by atoms with E-state index in [1.807, 2.05) is 17.5 Å². The van der Waals surface area contributed by atoms with Gasteiger partial charge in [-0.1, -0.05) is 32.6 Å². The van der Waals surface area contributed by atoms with Crippen molar-refractivity contribution in [1.29, 1.82) is 0 Å². The van der Waals surface area contributed by atoms with Gasteiger partial charge in [-0.2, -0.15) is 0 Å². The van der Waals surface area contributed by atoms with Gasteiger partial charge in [0.1, 0.15) is 0 Å². The van der Waals surface area contributed by atoms with Crippen molar-refractivity contribution in [2.75, 3.05) is 6.61 Å². The van der Waals surface area contributed by atoms with Gasteiger partial charge in [-0.3, -0.25) is 0 Å². The van der Waals surface area contributed by atoms with E-state index in [-0.39, 0.29) is 5.82 Å². The fourth-order valence-electron chi connectivity index (χ4n) is 5.48. The molecule has 27 heavy (non-hydrogen) atoms. The first-order valence-electron chi connectivity index (χ1n) is 11.0. The fraction of sp³-hybridized carbons (Fsp3) is 0.667. The largest absolute Gasteiger partial charge is 0.490 e. The fourth-order valence-corrected chi connectivity index (χ4v) is 6.31. The molecule has 0 aliphatic heterocycles. The monoisotopic (exact) mass is 388 g/mol. The highest BCUT2D eigenvalue weighted by molar-refractivity contribution is 7.17. The topological polar surface area (TPSA) is 9.23 Å². The minimum absolute atomic E-state index is 0.181. The van der Waals surface area contributed by atoms with Crippen LogP contribution in [0.3, 0.4) is 0 Å². The minimum atomic E-state index is -0.181. The third-order valence-electron chi connectivity index (χ3n) is 7.15. The highest BCUT2D eigenvalue weighted by atomic mass is 32.1. The SMILES string of the molecule is CCCC1CCC(C2CCC(COc3ccc4ccsc4c3F)CC2)CC1. The molecule has 2 fully saturated rings. The van der Waals surface area contributed by atoms with Crippen LogP contribution in [0.2, 0.25) is 0 Å². The first kappa shape index (κ1) is 19.2. The van der Waals surface area contributed by atoms with Crippen LogP contribution in [0.1, 0.15) is 71.1 Å². The van der Waals surface area contributed by atoms with E-state index in [2.05, 4.69) is 6.92 Å². The molecule has 0 unspecified atom stereocenters. The van der Waals surface area contributed by atoms with Crippen molar-refractivity contribution < 1.29 is 9.13 Å². The number of ether oxygens (including phenoxy) is 1. The van der Waals surface area contributed by atoms with Gasteiger partial charge >= 0.3 is 0 Å². The molecule has 0 atom stereocenters. The molecule has 0 N–H and O–H groups in total. The van der Waals surface area contributed by atoms with Crippen LogP contribution < -0.4 is 4.74 Å². The van der Waals surface area contributed by atoms with E-state index < -0.39 is 0 Å². The van der Waals surface area contributed by atoms with Gasteiger partial charge in [0.15, 0.2) is 11.6 Å². The van der Waals surface area contributed by atoms with Crippen molar-refractivity contribution >= 4 is 21.4 Å². The molecule has 2 aromatic rings. The molecule has 0 radical (unpaired) electrons. The Balaban J connectivity index is 1.23. The molecule has 0 spiro atoms. The number of hydrogen-bond donors (Lipinski definition) is 0. The van der Waals surface area contributed by atoms with Crippen molar-refractivity contribution in [1.82, 2.24) is 0 Å². The van der Waals surface area contributed by atoms with E-state index >= 15 is 0 Å². The number of halogens is 1. The Bertz CT molecular complexity index is 723. The molecule has 4 rings (SSSR count). The molecule has 0 amide bonds. The molecular weight excluding hydrogens is 355 g/mol. The Morgan fingerprint density at radius 2 is 1.59 bits per heavy atom. The maximum atomic E-state index is 14.5. The van der Waals surface area contributed by atoms with Gasteiger partial charge in [0, 0.05) is 0 Å². The van der Waals surface area contributed by atoms with Gasteiger partial charge < -0.3 is 4.74 Å². The van der Waals surface area contributed by atoms with E-state index in [1.165, 1.54) is 75.5 Å². The summed E-state index contributed by atoms with van der Waals surface area (Å²) in [6.07, 6.45) is 13.8. The van der Waals surface area contributed by atoms with Gasteiger partial charge in [0.2, 0.25) is 0 Å². The van der Waals surface area contributed by atoms with Crippen LogP contribution in [0.15, 0.2) is 23.6 Å². The van der Waals surface area contributed by atoms with E-state index in [9.17, 15) is 4.39 Å². The van der Waals surface area contributed by atoms with Crippen LogP contribution in [0.25, 0.3) is 10.1 Å². The Labute approximate surface area is 167 Å². The molecule has 1 aromatic heterocycles. The Morgan fingerprint density at radius 1 is 0.926 bits per heavy atom. The second-order valence-corrected chi connectivity index (χ2v) is 9.79. The molecule has 2 aliphatic rings. The summed E-state index contributed by atoms with van der Waals surface area (Å²) in [6, 6.07) is 5.73. The molecular formula is C24H33FOS. The first-order chi connectivity index (χ1) is 13.2. The normalized spacial score (nSPS) is 29.1. The first-order valence-corrected chi connectivity index (χ1v) is 11.9. The Morgan fingerprint density at radius 3 is 2.26 bits per heavy atom. The predicted molar refractivity (Wildman–Crippen MR) is 113 cm³/mol. The van der Waals surface area contributed by atoms with Crippen molar-refractivity contribution in [3.05, 3.63) is 29.4 Å². The van der Waals surface area contributed by atoms with Gasteiger partial charge in [-0.05, 0) is 91.2 Å². The predicted octanol–water partition coefficient (Wildman–Crippen LogP) is 7.83. The van der Waals surface area contributed by atoms with Crippen LogP contribution in [0, 0.1) is 29.5 Å². The molecule has 1 nitrogen and oxygen atoms in total. The van der Waals surface area contributed by atoms with Crippen molar-refractivity contribution in [2.24, 2.45) is 23.7 Å². The summed E-state index contributed by atoms with van der Waals surface area (Å²) in [5.74, 6) is 3.76. The Kier molecular flexibility index (Phi) is 6.37. The molecule has 0 bridgehead atoms. The summed E-state index contributed by atoms with van der Waals surface area (Å²) in [7, 11) is 0. The van der Waals surface area contributed by atoms with Crippen LogP contribution in [-0.2, 0) is 0 Å². The lowest BCUT2D eigenvalue weighted by atomic mass is 9.69. The molecule has 1 heterocycles. The van der Waals surface area contributed by atoms with E-state index in [4.69, 9.17) is 4.74 Å². The summed E-state index contributed by atoms with van der Waals surface area (Å²) < 4.78 is 21.2. The third-order valence-corrected chi connectivity index (χ3v) is 8.07. The van der Waals surface area contributed by atoms with E-state index in [1.54, 1.807) is 6.07 Å². The second kappa shape index (κ2) is 8.94.